The summed E-state index contributed by atoms with van der Waals surface area (Å²) >= 11 is 0. The molecular weight excluding hydrogens is 272 g/mol. The van der Waals surface area contributed by atoms with Crippen molar-refractivity contribution in [2.75, 3.05) is 6.54 Å². The number of phenols is 1. The summed E-state index contributed by atoms with van der Waals surface area (Å²) in [6.45, 7) is 3.38. The first-order valence-electron chi connectivity index (χ1n) is 8.71. The van der Waals surface area contributed by atoms with Gasteiger partial charge in [-0.05, 0) is 61.9 Å². The molecule has 2 heterocycles. The molecular formula is C19H26N2O. The third-order valence-corrected chi connectivity index (χ3v) is 5.91. The molecule has 1 saturated carbocycles. The van der Waals surface area contributed by atoms with Gasteiger partial charge in [0.15, 0.2) is 0 Å². The molecule has 3 atom stereocenters. The van der Waals surface area contributed by atoms with E-state index in [0.717, 1.165) is 18.9 Å². The Balaban J connectivity index is 1.88. The first-order valence-corrected chi connectivity index (χ1v) is 8.71. The summed E-state index contributed by atoms with van der Waals surface area (Å²) in [5.74, 6) is 1.88. The van der Waals surface area contributed by atoms with Crippen molar-refractivity contribution in [1.29, 1.82) is 0 Å². The van der Waals surface area contributed by atoms with E-state index in [-0.39, 0.29) is 0 Å². The summed E-state index contributed by atoms with van der Waals surface area (Å²) in [6.07, 6.45) is 6.28. The molecule has 1 aliphatic heterocycles. The maximum Gasteiger partial charge on any atom is 0.116 e. The lowest BCUT2D eigenvalue weighted by Gasteiger charge is -2.37. The number of aromatic nitrogens is 1. The zero-order valence-electron chi connectivity index (χ0n) is 13.6. The Morgan fingerprint density at radius 1 is 1.27 bits per heavy atom. The molecule has 2 aromatic rings. The number of phenolic OH excluding ortho intramolecular Hbond substituents is 1. The summed E-state index contributed by atoms with van der Waals surface area (Å²) in [4.78, 5) is 0. The van der Waals surface area contributed by atoms with Gasteiger partial charge in [-0.2, -0.15) is 0 Å². The fraction of sp³-hybridized carbons (Fsp3) is 0.579. The van der Waals surface area contributed by atoms with E-state index in [9.17, 15) is 5.11 Å². The van der Waals surface area contributed by atoms with Gasteiger partial charge in [0.05, 0.1) is 0 Å². The monoisotopic (exact) mass is 298 g/mol. The quantitative estimate of drug-likeness (QED) is 0.842. The number of nitrogens with zero attached hydrogens (tertiary/aromatic N) is 1. The van der Waals surface area contributed by atoms with Crippen molar-refractivity contribution in [2.45, 2.75) is 51.0 Å². The molecule has 3 heteroatoms. The van der Waals surface area contributed by atoms with Crippen LogP contribution in [-0.4, -0.2) is 22.3 Å². The predicted octanol–water partition coefficient (Wildman–Crippen LogP) is 3.69. The number of aromatic hydroxyl groups is 1. The number of benzene rings is 1. The van der Waals surface area contributed by atoms with Crippen LogP contribution in [0.2, 0.25) is 0 Å². The third kappa shape index (κ3) is 2.14. The van der Waals surface area contributed by atoms with Crippen LogP contribution in [-0.2, 0) is 13.5 Å². The van der Waals surface area contributed by atoms with E-state index in [0.29, 0.717) is 17.7 Å². The highest BCUT2D eigenvalue weighted by Gasteiger charge is 2.33. The second kappa shape index (κ2) is 5.31. The molecule has 2 bridgehead atoms. The van der Waals surface area contributed by atoms with Gasteiger partial charge in [0.1, 0.15) is 5.75 Å². The van der Waals surface area contributed by atoms with Gasteiger partial charge in [0.2, 0.25) is 0 Å². The Morgan fingerprint density at radius 2 is 2.14 bits per heavy atom. The largest absolute Gasteiger partial charge is 0.508 e. The number of aryl methyl sites for hydroxylation is 1. The van der Waals surface area contributed by atoms with Gasteiger partial charge in [-0.25, -0.2) is 0 Å². The SMILES string of the molecule is CC[C@H]1CC2C[C@H](C1)c1c(c3cc(O)ccc3n1C)CCN2. The number of hydrogen-bond acceptors (Lipinski definition) is 2. The molecule has 0 spiro atoms. The first-order chi connectivity index (χ1) is 10.7. The summed E-state index contributed by atoms with van der Waals surface area (Å²) < 4.78 is 2.40. The van der Waals surface area contributed by atoms with Crippen LogP contribution in [0.15, 0.2) is 18.2 Å². The number of hydrogen-bond donors (Lipinski definition) is 2. The average Bonchev–Trinajstić information content (AvgIpc) is 2.77. The lowest BCUT2D eigenvalue weighted by atomic mass is 9.74. The van der Waals surface area contributed by atoms with Crippen molar-refractivity contribution in [1.82, 2.24) is 9.88 Å². The van der Waals surface area contributed by atoms with Gasteiger partial charge in [0.25, 0.3) is 0 Å². The molecule has 2 N–H and O–H groups in total. The van der Waals surface area contributed by atoms with E-state index >= 15 is 0 Å². The Morgan fingerprint density at radius 3 is 2.95 bits per heavy atom. The van der Waals surface area contributed by atoms with E-state index in [4.69, 9.17) is 0 Å². The van der Waals surface area contributed by atoms with Gasteiger partial charge in [0, 0.05) is 35.6 Å². The highest BCUT2D eigenvalue weighted by atomic mass is 16.3. The Kier molecular flexibility index (Phi) is 3.41. The molecule has 0 radical (unpaired) electrons. The highest BCUT2D eigenvalue weighted by Crippen LogP contribution is 2.43. The van der Waals surface area contributed by atoms with E-state index in [2.05, 4.69) is 29.9 Å². The van der Waals surface area contributed by atoms with Gasteiger partial charge < -0.3 is 15.0 Å². The lowest BCUT2D eigenvalue weighted by Crippen LogP contribution is -2.40. The van der Waals surface area contributed by atoms with Crippen LogP contribution in [0.1, 0.15) is 49.8 Å². The second-order valence-corrected chi connectivity index (χ2v) is 7.20. The number of fused-ring (bicyclic) bond motifs is 6. The molecule has 1 aromatic carbocycles. The van der Waals surface area contributed by atoms with Crippen molar-refractivity contribution >= 4 is 10.9 Å². The van der Waals surface area contributed by atoms with Crippen LogP contribution >= 0.6 is 0 Å². The molecule has 1 unspecified atom stereocenters. The molecule has 2 aliphatic rings. The number of nitrogens with one attached hydrogen (secondary N) is 1. The van der Waals surface area contributed by atoms with Gasteiger partial charge in [-0.15, -0.1) is 0 Å². The normalized spacial score (nSPS) is 28.2. The van der Waals surface area contributed by atoms with Crippen LogP contribution < -0.4 is 5.32 Å². The van der Waals surface area contributed by atoms with Crippen LogP contribution in [0.25, 0.3) is 10.9 Å². The summed E-state index contributed by atoms with van der Waals surface area (Å²) in [5, 5.41) is 14.9. The fourth-order valence-electron chi connectivity index (χ4n) is 4.87. The van der Waals surface area contributed by atoms with Crippen molar-refractivity contribution in [2.24, 2.45) is 13.0 Å². The zero-order valence-corrected chi connectivity index (χ0v) is 13.6. The number of rotatable bonds is 1. The Bertz CT molecular complexity index is 703. The smallest absolute Gasteiger partial charge is 0.116 e. The molecule has 118 valence electrons. The van der Waals surface area contributed by atoms with E-state index in [1.54, 1.807) is 0 Å². The third-order valence-electron chi connectivity index (χ3n) is 5.91. The van der Waals surface area contributed by atoms with Crippen LogP contribution in [0, 0.1) is 5.92 Å². The lowest BCUT2D eigenvalue weighted by molar-refractivity contribution is 0.243. The van der Waals surface area contributed by atoms with Crippen LogP contribution in [0.3, 0.4) is 0 Å². The molecule has 22 heavy (non-hydrogen) atoms. The maximum absolute atomic E-state index is 9.90. The van der Waals surface area contributed by atoms with Crippen molar-refractivity contribution in [3.63, 3.8) is 0 Å². The molecule has 1 aliphatic carbocycles. The predicted molar refractivity (Wildman–Crippen MR) is 90.5 cm³/mol. The molecule has 1 aromatic heterocycles. The van der Waals surface area contributed by atoms with E-state index in [1.807, 2.05) is 12.1 Å². The zero-order chi connectivity index (χ0) is 15.3. The van der Waals surface area contributed by atoms with Crippen LogP contribution in [0.4, 0.5) is 0 Å². The molecule has 4 rings (SSSR count). The maximum atomic E-state index is 9.90. The first kappa shape index (κ1) is 14.1. The van der Waals surface area contributed by atoms with E-state index < -0.39 is 0 Å². The highest BCUT2D eigenvalue weighted by molar-refractivity contribution is 5.87. The van der Waals surface area contributed by atoms with E-state index in [1.165, 1.54) is 47.8 Å². The van der Waals surface area contributed by atoms with Gasteiger partial charge >= 0.3 is 0 Å². The minimum atomic E-state index is 0.379. The second-order valence-electron chi connectivity index (χ2n) is 7.20. The summed E-state index contributed by atoms with van der Waals surface area (Å²) in [7, 11) is 2.21. The Labute approximate surface area is 132 Å². The molecule has 3 nitrogen and oxygen atoms in total. The summed E-state index contributed by atoms with van der Waals surface area (Å²) in [6, 6.07) is 6.52. The van der Waals surface area contributed by atoms with Crippen molar-refractivity contribution in [3.05, 3.63) is 29.5 Å². The molecule has 1 fully saturated rings. The topological polar surface area (TPSA) is 37.2 Å². The van der Waals surface area contributed by atoms with Crippen molar-refractivity contribution < 1.29 is 5.11 Å². The minimum absolute atomic E-state index is 0.379. The average molecular weight is 298 g/mol. The standard InChI is InChI=1S/C19H26N2O/c1-3-12-8-13-10-14(9-12)20-7-6-16-17-11-15(22)4-5-18(17)21(2)19(13)16/h4-5,11-14,20,22H,3,6-10H2,1-2H3/t12-,13+,14?/m1/s1. The molecule has 0 amide bonds. The van der Waals surface area contributed by atoms with Gasteiger partial charge in [-0.1, -0.05) is 13.3 Å². The minimum Gasteiger partial charge on any atom is -0.508 e. The van der Waals surface area contributed by atoms with Crippen LogP contribution in [0.5, 0.6) is 5.75 Å². The summed E-state index contributed by atoms with van der Waals surface area (Å²) in [5.41, 5.74) is 4.26. The Hall–Kier alpha value is -1.48. The van der Waals surface area contributed by atoms with Crippen molar-refractivity contribution in [3.8, 4) is 5.75 Å². The molecule has 0 saturated heterocycles. The fourth-order valence-corrected chi connectivity index (χ4v) is 4.87. The van der Waals surface area contributed by atoms with Gasteiger partial charge in [-0.3, -0.25) is 0 Å².